The second-order valence-electron chi connectivity index (χ2n) is 13.7. The van der Waals surface area contributed by atoms with E-state index in [0.717, 1.165) is 50.9 Å². The molecular formula is C51H41N5. The first-order chi connectivity index (χ1) is 27.4. The van der Waals surface area contributed by atoms with Crippen molar-refractivity contribution in [3.8, 4) is 6.07 Å². The molecule has 0 amide bonds. The molecule has 0 radical (unpaired) electrons. The molecule has 0 aliphatic carbocycles. The van der Waals surface area contributed by atoms with Gasteiger partial charge in [-0.1, -0.05) is 103 Å². The Morgan fingerprint density at radius 1 is 0.482 bits per heavy atom. The van der Waals surface area contributed by atoms with Crippen molar-refractivity contribution in [3.63, 3.8) is 0 Å². The van der Waals surface area contributed by atoms with Gasteiger partial charge in [-0.05, 0) is 126 Å². The van der Waals surface area contributed by atoms with E-state index in [-0.39, 0.29) is 0 Å². The second kappa shape index (κ2) is 17.0. The van der Waals surface area contributed by atoms with E-state index in [0.29, 0.717) is 22.4 Å². The lowest BCUT2D eigenvalue weighted by atomic mass is 10.0. The summed E-state index contributed by atoms with van der Waals surface area (Å²) >= 11 is 0. The van der Waals surface area contributed by atoms with Gasteiger partial charge in [-0.2, -0.15) is 5.26 Å². The number of anilines is 7. The molecule has 5 heteroatoms. The van der Waals surface area contributed by atoms with Crippen molar-refractivity contribution in [1.82, 2.24) is 0 Å². The van der Waals surface area contributed by atoms with Crippen LogP contribution in [-0.4, -0.2) is 14.1 Å². The first kappa shape index (κ1) is 36.7. The lowest BCUT2D eigenvalue weighted by Crippen LogP contribution is -2.11. The molecule has 7 aromatic carbocycles. The highest BCUT2D eigenvalue weighted by atomic mass is 15.1. The number of aryl methyl sites for hydroxylation is 1. The first-order valence-electron chi connectivity index (χ1n) is 18.5. The predicted molar refractivity (Wildman–Crippen MR) is 237 cm³/mol. The summed E-state index contributed by atoms with van der Waals surface area (Å²) in [7, 11) is 4.08. The van der Waals surface area contributed by atoms with Crippen LogP contribution in [-0.2, 0) is 0 Å². The molecule has 0 saturated carbocycles. The van der Waals surface area contributed by atoms with Gasteiger partial charge in [-0.3, -0.25) is 0 Å². The van der Waals surface area contributed by atoms with Crippen molar-refractivity contribution < 1.29 is 0 Å². The van der Waals surface area contributed by atoms with Crippen LogP contribution in [0.25, 0.3) is 29.1 Å². The zero-order valence-corrected chi connectivity index (χ0v) is 31.7. The van der Waals surface area contributed by atoms with Crippen LogP contribution in [0.3, 0.4) is 0 Å². The van der Waals surface area contributed by atoms with E-state index in [1.165, 1.54) is 5.56 Å². The fraction of sp³-hybridized carbons (Fsp3) is 0.0588. The fourth-order valence-electron chi connectivity index (χ4n) is 6.57. The first-order valence-corrected chi connectivity index (χ1v) is 18.5. The molecule has 0 spiro atoms. The van der Waals surface area contributed by atoms with E-state index in [1.54, 1.807) is 12.1 Å². The summed E-state index contributed by atoms with van der Waals surface area (Å²) in [5.41, 5.74) is 13.1. The molecule has 0 unspecified atom stereocenters. The number of para-hydroxylation sites is 2. The molecule has 0 aliphatic rings. The highest BCUT2D eigenvalue weighted by Crippen LogP contribution is 2.37. The highest BCUT2D eigenvalue weighted by Gasteiger charge is 2.14. The van der Waals surface area contributed by atoms with Gasteiger partial charge in [-0.15, -0.1) is 0 Å². The van der Waals surface area contributed by atoms with E-state index in [2.05, 4.69) is 154 Å². The van der Waals surface area contributed by atoms with Crippen LogP contribution in [0.1, 0.15) is 33.4 Å². The average Bonchev–Trinajstić information content (AvgIpc) is 3.25. The normalized spacial score (nSPS) is 10.9. The number of rotatable bonds is 11. The maximum Gasteiger partial charge on any atom is 0.194 e. The number of hydrogen-bond acceptors (Lipinski definition) is 4. The third kappa shape index (κ3) is 8.45. The number of hydrogen-bond donors (Lipinski definition) is 0. The van der Waals surface area contributed by atoms with E-state index in [4.69, 9.17) is 6.57 Å². The number of benzene rings is 7. The van der Waals surface area contributed by atoms with Crippen molar-refractivity contribution in [3.05, 3.63) is 215 Å². The van der Waals surface area contributed by atoms with Crippen LogP contribution >= 0.6 is 0 Å². The Morgan fingerprint density at radius 3 is 1.30 bits per heavy atom. The van der Waals surface area contributed by atoms with E-state index in [1.807, 2.05) is 74.8 Å². The average molecular weight is 724 g/mol. The Morgan fingerprint density at radius 2 is 0.875 bits per heavy atom. The number of nitriles is 1. The Kier molecular flexibility index (Phi) is 11.2. The van der Waals surface area contributed by atoms with Crippen LogP contribution in [0, 0.1) is 24.8 Å². The van der Waals surface area contributed by atoms with Gasteiger partial charge in [0.25, 0.3) is 0 Å². The summed E-state index contributed by atoms with van der Waals surface area (Å²) in [6, 6.07) is 60.3. The van der Waals surface area contributed by atoms with Gasteiger partial charge in [0.15, 0.2) is 5.69 Å². The minimum absolute atomic E-state index is 0.486. The molecule has 0 atom stereocenters. The van der Waals surface area contributed by atoms with Crippen LogP contribution in [0.15, 0.2) is 170 Å². The van der Waals surface area contributed by atoms with Crippen molar-refractivity contribution in [2.45, 2.75) is 6.92 Å². The summed E-state index contributed by atoms with van der Waals surface area (Å²) in [5.74, 6) is 0. The minimum atomic E-state index is 0.486. The molecule has 0 aromatic heterocycles. The van der Waals surface area contributed by atoms with Crippen LogP contribution < -0.4 is 14.7 Å². The molecule has 5 nitrogen and oxygen atoms in total. The summed E-state index contributed by atoms with van der Waals surface area (Å²) in [6.45, 7) is 10.0. The maximum absolute atomic E-state index is 10.1. The van der Waals surface area contributed by atoms with Gasteiger partial charge in [0.05, 0.1) is 18.2 Å². The predicted octanol–water partition coefficient (Wildman–Crippen LogP) is 13.8. The molecule has 56 heavy (non-hydrogen) atoms. The van der Waals surface area contributed by atoms with Gasteiger partial charge >= 0.3 is 0 Å². The van der Waals surface area contributed by atoms with Gasteiger partial charge in [0, 0.05) is 53.9 Å². The quantitative estimate of drug-likeness (QED) is 0.0984. The van der Waals surface area contributed by atoms with Gasteiger partial charge in [0.2, 0.25) is 0 Å². The van der Waals surface area contributed by atoms with Crippen LogP contribution in [0.5, 0.6) is 0 Å². The third-order valence-electron chi connectivity index (χ3n) is 9.60. The Labute approximate surface area is 330 Å². The Hall–Kier alpha value is -7.60. The lowest BCUT2D eigenvalue weighted by Gasteiger charge is -2.26. The summed E-state index contributed by atoms with van der Waals surface area (Å²) in [5, 5.41) is 10.1. The van der Waals surface area contributed by atoms with Gasteiger partial charge in [0.1, 0.15) is 0 Å². The Balaban J connectivity index is 1.10. The smallest absolute Gasteiger partial charge is 0.194 e. The van der Waals surface area contributed by atoms with E-state index < -0.39 is 0 Å². The fourth-order valence-corrected chi connectivity index (χ4v) is 6.57. The SMILES string of the molecule is [C-]#[N+]c1cc(/C=C/c2ccc(N(c3ccccc3)c3ccc(N(C)C)cc3)cc2)c(C#N)cc1/C=C/c1ccc(N(c2ccccc2)c2ccc(C)cc2)cc1. The molecule has 7 rings (SSSR count). The van der Waals surface area contributed by atoms with Gasteiger partial charge < -0.3 is 14.7 Å². The summed E-state index contributed by atoms with van der Waals surface area (Å²) in [4.78, 5) is 10.4. The highest BCUT2D eigenvalue weighted by molar-refractivity contribution is 5.84. The number of nitrogens with zero attached hydrogens (tertiary/aromatic N) is 5. The minimum Gasteiger partial charge on any atom is -0.378 e. The molecule has 0 fully saturated rings. The molecule has 0 bridgehead atoms. The monoisotopic (exact) mass is 723 g/mol. The third-order valence-corrected chi connectivity index (χ3v) is 9.60. The standard InChI is InChI=1S/C51H41N5/c1-38-15-25-47(26-16-38)55(45-11-7-5-8-12-45)48-29-21-40(22-30-48)18-24-42-35-43(37-52)41(36-51(42)53-2)23-17-39-19-27-49(28-20-39)56(46-13-9-6-10-14-46)50-33-31-44(32-34-50)54(3)4/h5-36H,1,3-4H3/b23-17+,24-18+. The second-order valence-corrected chi connectivity index (χ2v) is 13.7. The molecule has 0 aliphatic heterocycles. The molecule has 0 saturated heterocycles. The summed E-state index contributed by atoms with van der Waals surface area (Å²) in [6.07, 6.45) is 7.80. The lowest BCUT2D eigenvalue weighted by molar-refractivity contribution is 1.13. The summed E-state index contributed by atoms with van der Waals surface area (Å²) < 4.78 is 0. The van der Waals surface area contributed by atoms with E-state index >= 15 is 0 Å². The molecule has 0 heterocycles. The van der Waals surface area contributed by atoms with Crippen LogP contribution in [0.2, 0.25) is 0 Å². The van der Waals surface area contributed by atoms with Crippen molar-refractivity contribution in [2.24, 2.45) is 0 Å². The molecular weight excluding hydrogens is 683 g/mol. The topological polar surface area (TPSA) is 37.9 Å². The van der Waals surface area contributed by atoms with Gasteiger partial charge in [-0.25, -0.2) is 4.85 Å². The Bertz CT molecular complexity index is 2540. The molecule has 270 valence electrons. The van der Waals surface area contributed by atoms with Crippen molar-refractivity contribution in [2.75, 3.05) is 28.8 Å². The van der Waals surface area contributed by atoms with Crippen LogP contribution in [0.4, 0.5) is 45.5 Å². The molecule has 7 aromatic rings. The van der Waals surface area contributed by atoms with E-state index in [9.17, 15) is 5.26 Å². The zero-order chi connectivity index (χ0) is 38.9. The molecule has 0 N–H and O–H groups in total. The van der Waals surface area contributed by atoms with Crippen molar-refractivity contribution >= 4 is 69.8 Å². The zero-order valence-electron chi connectivity index (χ0n) is 31.7. The van der Waals surface area contributed by atoms with Crippen molar-refractivity contribution in [1.29, 1.82) is 5.26 Å². The largest absolute Gasteiger partial charge is 0.378 e. The maximum atomic E-state index is 10.1.